The third kappa shape index (κ3) is 6.45. The van der Waals surface area contributed by atoms with E-state index in [0.717, 1.165) is 27.6 Å². The van der Waals surface area contributed by atoms with E-state index in [1.54, 1.807) is 42.1 Å². The van der Waals surface area contributed by atoms with Crippen LogP contribution in [0.2, 0.25) is 0 Å². The van der Waals surface area contributed by atoms with E-state index >= 15 is 0 Å². The summed E-state index contributed by atoms with van der Waals surface area (Å²) >= 11 is 1.61. The second kappa shape index (κ2) is 10.4. The fraction of sp³-hybridized carbons (Fsp3) is 0.350. The predicted molar refractivity (Wildman–Crippen MR) is 116 cm³/mol. The number of benzene rings is 2. The summed E-state index contributed by atoms with van der Waals surface area (Å²) in [5.74, 6) is 1.13. The van der Waals surface area contributed by atoms with Crippen molar-refractivity contribution in [3.63, 3.8) is 0 Å². The SMILES string of the molecule is CCCOc1ccc(N(CC(=O)Nc2ccccc2SCC)S(C)(=O)=O)cc1. The van der Waals surface area contributed by atoms with Crippen LogP contribution < -0.4 is 14.4 Å². The molecule has 2 rings (SSSR count). The summed E-state index contributed by atoms with van der Waals surface area (Å²) < 4.78 is 31.1. The molecule has 0 aromatic heterocycles. The number of thioether (sulfide) groups is 1. The number of nitrogens with one attached hydrogen (secondary N) is 1. The minimum atomic E-state index is -3.63. The number of para-hydroxylation sites is 1. The highest BCUT2D eigenvalue weighted by Crippen LogP contribution is 2.27. The Hall–Kier alpha value is -2.19. The Bertz CT molecular complexity index is 883. The Balaban J connectivity index is 2.15. The van der Waals surface area contributed by atoms with Crippen molar-refractivity contribution in [3.8, 4) is 5.75 Å². The summed E-state index contributed by atoms with van der Waals surface area (Å²) in [7, 11) is -3.63. The van der Waals surface area contributed by atoms with Crippen molar-refractivity contribution in [2.45, 2.75) is 25.2 Å². The van der Waals surface area contributed by atoms with Gasteiger partial charge in [0.2, 0.25) is 15.9 Å². The number of ether oxygens (including phenoxy) is 1. The van der Waals surface area contributed by atoms with Crippen molar-refractivity contribution < 1.29 is 17.9 Å². The molecule has 0 spiro atoms. The van der Waals surface area contributed by atoms with Crippen LogP contribution in [0.1, 0.15) is 20.3 Å². The van der Waals surface area contributed by atoms with E-state index in [1.165, 1.54) is 0 Å². The first-order valence-electron chi connectivity index (χ1n) is 9.07. The second-order valence-electron chi connectivity index (χ2n) is 6.09. The van der Waals surface area contributed by atoms with Crippen LogP contribution in [0.3, 0.4) is 0 Å². The van der Waals surface area contributed by atoms with Gasteiger partial charge >= 0.3 is 0 Å². The highest BCUT2D eigenvalue weighted by atomic mass is 32.2. The summed E-state index contributed by atoms with van der Waals surface area (Å²) in [5, 5.41) is 2.82. The van der Waals surface area contributed by atoms with Gasteiger partial charge in [-0.2, -0.15) is 0 Å². The summed E-state index contributed by atoms with van der Waals surface area (Å²) in [6, 6.07) is 14.1. The zero-order chi connectivity index (χ0) is 20.6. The second-order valence-corrected chi connectivity index (χ2v) is 9.30. The van der Waals surface area contributed by atoms with Gasteiger partial charge in [0.1, 0.15) is 12.3 Å². The van der Waals surface area contributed by atoms with Gasteiger partial charge in [0, 0.05) is 4.90 Å². The molecule has 8 heteroatoms. The number of rotatable bonds is 10. The first kappa shape index (κ1) is 22.1. The number of carbonyl (C=O) groups excluding carboxylic acids is 1. The van der Waals surface area contributed by atoms with E-state index in [-0.39, 0.29) is 6.54 Å². The fourth-order valence-electron chi connectivity index (χ4n) is 2.50. The number of amides is 1. The molecule has 28 heavy (non-hydrogen) atoms. The molecule has 0 aliphatic rings. The van der Waals surface area contributed by atoms with Gasteiger partial charge in [-0.1, -0.05) is 26.0 Å². The van der Waals surface area contributed by atoms with Crippen molar-refractivity contribution in [2.75, 3.05) is 34.8 Å². The molecule has 0 unspecified atom stereocenters. The molecular weight excluding hydrogens is 396 g/mol. The number of sulfonamides is 1. The molecule has 1 N–H and O–H groups in total. The monoisotopic (exact) mass is 422 g/mol. The molecule has 152 valence electrons. The van der Waals surface area contributed by atoms with Gasteiger partial charge in [-0.05, 0) is 48.6 Å². The molecule has 0 bridgehead atoms. The van der Waals surface area contributed by atoms with Crippen LogP contribution in [0.25, 0.3) is 0 Å². The lowest BCUT2D eigenvalue weighted by Crippen LogP contribution is -2.37. The Morgan fingerprint density at radius 1 is 1.11 bits per heavy atom. The van der Waals surface area contributed by atoms with E-state index in [1.807, 2.05) is 32.0 Å². The van der Waals surface area contributed by atoms with Gasteiger partial charge < -0.3 is 10.1 Å². The Morgan fingerprint density at radius 3 is 2.39 bits per heavy atom. The molecule has 2 aromatic carbocycles. The van der Waals surface area contributed by atoms with Gasteiger partial charge in [-0.25, -0.2) is 8.42 Å². The third-order valence-corrected chi connectivity index (χ3v) is 5.84. The van der Waals surface area contributed by atoms with Crippen LogP contribution >= 0.6 is 11.8 Å². The highest BCUT2D eigenvalue weighted by Gasteiger charge is 2.21. The molecule has 1 amide bonds. The van der Waals surface area contributed by atoms with Crippen molar-refractivity contribution in [1.82, 2.24) is 0 Å². The standard InChI is InChI=1S/C20H26N2O4S2/c1-4-14-26-17-12-10-16(11-13-17)22(28(3,24)25)15-20(23)21-18-8-6-7-9-19(18)27-5-2/h6-13H,4-5,14-15H2,1-3H3,(H,21,23). The Labute approximate surface area is 171 Å². The molecule has 0 atom stereocenters. The van der Waals surface area contributed by atoms with Gasteiger partial charge in [0.05, 0.1) is 24.2 Å². The smallest absolute Gasteiger partial charge is 0.245 e. The van der Waals surface area contributed by atoms with Crippen LogP contribution in [0.5, 0.6) is 5.75 Å². The van der Waals surface area contributed by atoms with Crippen LogP contribution in [-0.2, 0) is 14.8 Å². The molecule has 2 aromatic rings. The normalized spacial score (nSPS) is 11.1. The molecule has 0 radical (unpaired) electrons. The maximum atomic E-state index is 12.6. The van der Waals surface area contributed by atoms with E-state index in [4.69, 9.17) is 4.74 Å². The minimum absolute atomic E-state index is 0.306. The number of carbonyl (C=O) groups is 1. The average Bonchev–Trinajstić information content (AvgIpc) is 2.66. The Kier molecular flexibility index (Phi) is 8.19. The van der Waals surface area contributed by atoms with Crippen LogP contribution in [0, 0.1) is 0 Å². The van der Waals surface area contributed by atoms with E-state index < -0.39 is 15.9 Å². The molecule has 0 fully saturated rings. The average molecular weight is 423 g/mol. The van der Waals surface area contributed by atoms with Crippen LogP contribution in [-0.4, -0.2) is 39.5 Å². The van der Waals surface area contributed by atoms with Crippen molar-refractivity contribution in [2.24, 2.45) is 0 Å². The van der Waals surface area contributed by atoms with Gasteiger partial charge in [0.15, 0.2) is 0 Å². The molecule has 6 nitrogen and oxygen atoms in total. The summed E-state index contributed by atoms with van der Waals surface area (Å²) in [5.41, 5.74) is 1.09. The number of anilines is 2. The predicted octanol–water partition coefficient (Wildman–Crippen LogP) is 3.99. The first-order valence-corrected chi connectivity index (χ1v) is 11.9. The largest absolute Gasteiger partial charge is 0.494 e. The summed E-state index contributed by atoms with van der Waals surface area (Å²) in [6.45, 7) is 4.32. The maximum Gasteiger partial charge on any atom is 0.245 e. The fourth-order valence-corrected chi connectivity index (χ4v) is 4.12. The number of hydrogen-bond acceptors (Lipinski definition) is 5. The van der Waals surface area contributed by atoms with Crippen molar-refractivity contribution in [3.05, 3.63) is 48.5 Å². The molecule has 0 aliphatic carbocycles. The molecule has 0 heterocycles. The first-order chi connectivity index (χ1) is 13.3. The lowest BCUT2D eigenvalue weighted by molar-refractivity contribution is -0.114. The number of nitrogens with zero attached hydrogens (tertiary/aromatic N) is 1. The van der Waals surface area contributed by atoms with Crippen molar-refractivity contribution >= 4 is 39.1 Å². The number of hydrogen-bond donors (Lipinski definition) is 1. The summed E-state index contributed by atoms with van der Waals surface area (Å²) in [6.07, 6.45) is 1.97. The summed E-state index contributed by atoms with van der Waals surface area (Å²) in [4.78, 5) is 13.5. The molecular formula is C20H26N2O4S2. The third-order valence-electron chi connectivity index (χ3n) is 3.75. The highest BCUT2D eigenvalue weighted by molar-refractivity contribution is 7.99. The van der Waals surface area contributed by atoms with E-state index in [2.05, 4.69) is 5.32 Å². The zero-order valence-corrected chi connectivity index (χ0v) is 18.0. The topological polar surface area (TPSA) is 75.7 Å². The van der Waals surface area contributed by atoms with Gasteiger partial charge in [-0.3, -0.25) is 9.10 Å². The van der Waals surface area contributed by atoms with Gasteiger partial charge in [-0.15, -0.1) is 11.8 Å². The Morgan fingerprint density at radius 2 is 1.79 bits per heavy atom. The van der Waals surface area contributed by atoms with Crippen LogP contribution in [0.15, 0.2) is 53.4 Å². The molecule has 0 saturated carbocycles. The van der Waals surface area contributed by atoms with Crippen LogP contribution in [0.4, 0.5) is 11.4 Å². The zero-order valence-electron chi connectivity index (χ0n) is 16.3. The minimum Gasteiger partial charge on any atom is -0.494 e. The molecule has 0 saturated heterocycles. The molecule has 0 aliphatic heterocycles. The van der Waals surface area contributed by atoms with Gasteiger partial charge in [0.25, 0.3) is 0 Å². The van der Waals surface area contributed by atoms with Crippen molar-refractivity contribution in [1.29, 1.82) is 0 Å². The maximum absolute atomic E-state index is 12.6. The lowest BCUT2D eigenvalue weighted by atomic mass is 10.3. The van der Waals surface area contributed by atoms with E-state index in [0.29, 0.717) is 23.7 Å². The lowest BCUT2D eigenvalue weighted by Gasteiger charge is -2.22. The van der Waals surface area contributed by atoms with E-state index in [9.17, 15) is 13.2 Å². The quantitative estimate of drug-likeness (QED) is 0.586.